The average molecular weight is 237 g/mol. The molecule has 0 saturated heterocycles. The zero-order valence-corrected chi connectivity index (χ0v) is 10.1. The van der Waals surface area contributed by atoms with E-state index in [1.54, 1.807) is 0 Å². The minimum absolute atomic E-state index is 0.0964. The third-order valence-electron chi connectivity index (χ3n) is 3.90. The van der Waals surface area contributed by atoms with E-state index < -0.39 is 17.8 Å². The van der Waals surface area contributed by atoms with Gasteiger partial charge < -0.3 is 10.4 Å². The minimum Gasteiger partial charge on any atom is -0.481 e. The SMILES string of the molecule is CC1CC1CNC(=O)[C@@H]1CC=CC[C@@H]1C(=O)O. The Hall–Kier alpha value is -1.32. The van der Waals surface area contributed by atoms with Crippen molar-refractivity contribution in [2.45, 2.75) is 26.2 Å². The maximum Gasteiger partial charge on any atom is 0.307 e. The highest BCUT2D eigenvalue weighted by molar-refractivity contribution is 5.85. The number of hydrogen-bond acceptors (Lipinski definition) is 2. The lowest BCUT2D eigenvalue weighted by atomic mass is 9.82. The van der Waals surface area contributed by atoms with E-state index in [0.717, 1.165) is 0 Å². The summed E-state index contributed by atoms with van der Waals surface area (Å²) in [4.78, 5) is 23.0. The molecule has 2 unspecified atom stereocenters. The third kappa shape index (κ3) is 2.87. The summed E-state index contributed by atoms with van der Waals surface area (Å²) in [5.74, 6) is -0.614. The van der Waals surface area contributed by atoms with Crippen LogP contribution in [0.15, 0.2) is 12.2 Å². The van der Waals surface area contributed by atoms with Crippen LogP contribution in [0.5, 0.6) is 0 Å². The van der Waals surface area contributed by atoms with Gasteiger partial charge in [-0.15, -0.1) is 0 Å². The van der Waals surface area contributed by atoms with Gasteiger partial charge in [0.15, 0.2) is 0 Å². The first kappa shape index (κ1) is 12.1. The number of carbonyl (C=O) groups is 2. The normalized spacial score (nSPS) is 35.4. The Labute approximate surface area is 101 Å². The molecule has 0 aliphatic heterocycles. The van der Waals surface area contributed by atoms with Crippen molar-refractivity contribution >= 4 is 11.9 Å². The van der Waals surface area contributed by atoms with Crippen LogP contribution in [0.4, 0.5) is 0 Å². The van der Waals surface area contributed by atoms with E-state index in [-0.39, 0.29) is 5.91 Å². The van der Waals surface area contributed by atoms with Crippen molar-refractivity contribution in [3.8, 4) is 0 Å². The molecule has 1 saturated carbocycles. The third-order valence-corrected chi connectivity index (χ3v) is 3.90. The molecule has 2 aliphatic carbocycles. The van der Waals surface area contributed by atoms with Crippen LogP contribution in [0.2, 0.25) is 0 Å². The van der Waals surface area contributed by atoms with Crippen LogP contribution < -0.4 is 5.32 Å². The van der Waals surface area contributed by atoms with Crippen LogP contribution in [0, 0.1) is 23.7 Å². The van der Waals surface area contributed by atoms with Crippen molar-refractivity contribution in [2.24, 2.45) is 23.7 Å². The number of carboxylic acids is 1. The van der Waals surface area contributed by atoms with E-state index >= 15 is 0 Å². The van der Waals surface area contributed by atoms with Gasteiger partial charge in [0, 0.05) is 6.54 Å². The highest BCUT2D eigenvalue weighted by Crippen LogP contribution is 2.37. The smallest absolute Gasteiger partial charge is 0.307 e. The molecule has 4 heteroatoms. The topological polar surface area (TPSA) is 66.4 Å². The number of allylic oxidation sites excluding steroid dienone is 2. The van der Waals surface area contributed by atoms with Gasteiger partial charge in [-0.2, -0.15) is 0 Å². The lowest BCUT2D eigenvalue weighted by molar-refractivity contribution is -0.147. The second-order valence-electron chi connectivity index (χ2n) is 5.21. The monoisotopic (exact) mass is 237 g/mol. The lowest BCUT2D eigenvalue weighted by Crippen LogP contribution is -2.39. The Bertz CT molecular complexity index is 351. The molecular formula is C13H19NO3. The largest absolute Gasteiger partial charge is 0.481 e. The second-order valence-corrected chi connectivity index (χ2v) is 5.21. The summed E-state index contributed by atoms with van der Waals surface area (Å²) < 4.78 is 0. The quantitative estimate of drug-likeness (QED) is 0.727. The van der Waals surface area contributed by atoms with Crippen LogP contribution in [-0.2, 0) is 9.59 Å². The van der Waals surface area contributed by atoms with Crippen LogP contribution in [0.25, 0.3) is 0 Å². The van der Waals surface area contributed by atoms with E-state index in [1.807, 2.05) is 12.2 Å². The number of aliphatic carboxylic acids is 1. The number of amides is 1. The number of carbonyl (C=O) groups excluding carboxylic acids is 1. The Morgan fingerprint density at radius 3 is 2.41 bits per heavy atom. The molecule has 0 bridgehead atoms. The molecule has 17 heavy (non-hydrogen) atoms. The Balaban J connectivity index is 1.87. The number of carboxylic acid groups (broad SMARTS) is 1. The Morgan fingerprint density at radius 1 is 1.29 bits per heavy atom. The van der Waals surface area contributed by atoms with Crippen molar-refractivity contribution in [2.75, 3.05) is 6.54 Å². The van der Waals surface area contributed by atoms with Crippen LogP contribution in [-0.4, -0.2) is 23.5 Å². The molecule has 2 N–H and O–H groups in total. The van der Waals surface area contributed by atoms with E-state index in [9.17, 15) is 9.59 Å². The second kappa shape index (κ2) is 4.90. The lowest BCUT2D eigenvalue weighted by Gasteiger charge is -2.24. The Kier molecular flexibility index (Phi) is 3.50. The van der Waals surface area contributed by atoms with Crippen molar-refractivity contribution in [3.05, 3.63) is 12.2 Å². The summed E-state index contributed by atoms with van der Waals surface area (Å²) in [6.45, 7) is 2.87. The zero-order chi connectivity index (χ0) is 12.4. The van der Waals surface area contributed by atoms with Gasteiger partial charge in [0.2, 0.25) is 5.91 Å². The number of rotatable bonds is 4. The van der Waals surface area contributed by atoms with E-state index in [1.165, 1.54) is 6.42 Å². The predicted octanol–water partition coefficient (Wildman–Crippen LogP) is 1.43. The number of hydrogen-bond donors (Lipinski definition) is 2. The summed E-state index contributed by atoms with van der Waals surface area (Å²) in [6, 6.07) is 0. The summed E-state index contributed by atoms with van der Waals surface area (Å²) in [6.07, 6.45) is 5.94. The van der Waals surface area contributed by atoms with Gasteiger partial charge in [-0.1, -0.05) is 19.1 Å². The van der Waals surface area contributed by atoms with Crippen molar-refractivity contribution in [3.63, 3.8) is 0 Å². The van der Waals surface area contributed by atoms with Gasteiger partial charge in [0.05, 0.1) is 11.8 Å². The van der Waals surface area contributed by atoms with Crippen LogP contribution >= 0.6 is 0 Å². The fourth-order valence-electron chi connectivity index (χ4n) is 2.42. The first-order valence-corrected chi connectivity index (χ1v) is 6.25. The van der Waals surface area contributed by atoms with Crippen molar-refractivity contribution < 1.29 is 14.7 Å². The predicted molar refractivity (Wildman–Crippen MR) is 63.3 cm³/mol. The van der Waals surface area contributed by atoms with E-state index in [4.69, 9.17) is 5.11 Å². The fraction of sp³-hybridized carbons (Fsp3) is 0.692. The maximum absolute atomic E-state index is 11.9. The molecule has 4 nitrogen and oxygen atoms in total. The molecule has 0 heterocycles. The summed E-state index contributed by atoms with van der Waals surface area (Å²) in [5.41, 5.74) is 0. The molecule has 0 aromatic carbocycles. The maximum atomic E-state index is 11.9. The molecule has 1 fully saturated rings. The summed E-state index contributed by atoms with van der Waals surface area (Å²) in [5, 5.41) is 12.0. The standard InChI is InChI=1S/C13H19NO3/c1-8-6-9(8)7-14-12(15)10-4-2-3-5-11(10)13(16)17/h2-3,8-11H,4-7H2,1H3,(H,14,15)(H,16,17)/t8?,9?,10-,11+/m1/s1. The summed E-state index contributed by atoms with van der Waals surface area (Å²) in [7, 11) is 0. The van der Waals surface area contributed by atoms with Gasteiger partial charge in [0.1, 0.15) is 0 Å². The molecule has 4 atom stereocenters. The first-order valence-electron chi connectivity index (χ1n) is 6.25. The minimum atomic E-state index is -0.866. The zero-order valence-electron chi connectivity index (χ0n) is 10.1. The van der Waals surface area contributed by atoms with Gasteiger partial charge in [-0.05, 0) is 31.1 Å². The van der Waals surface area contributed by atoms with Crippen molar-refractivity contribution in [1.29, 1.82) is 0 Å². The van der Waals surface area contributed by atoms with E-state index in [0.29, 0.717) is 31.2 Å². The molecular weight excluding hydrogens is 218 g/mol. The van der Waals surface area contributed by atoms with E-state index in [2.05, 4.69) is 12.2 Å². The molecule has 0 aromatic rings. The highest BCUT2D eigenvalue weighted by Gasteiger charge is 2.36. The number of nitrogens with one attached hydrogen (secondary N) is 1. The summed E-state index contributed by atoms with van der Waals surface area (Å²) >= 11 is 0. The first-order chi connectivity index (χ1) is 8.09. The van der Waals surface area contributed by atoms with Gasteiger partial charge >= 0.3 is 5.97 Å². The van der Waals surface area contributed by atoms with Crippen molar-refractivity contribution in [1.82, 2.24) is 5.32 Å². The highest BCUT2D eigenvalue weighted by atomic mass is 16.4. The van der Waals surface area contributed by atoms with Gasteiger partial charge in [-0.25, -0.2) is 0 Å². The van der Waals surface area contributed by atoms with Gasteiger partial charge in [-0.3, -0.25) is 9.59 Å². The average Bonchev–Trinajstić information content (AvgIpc) is 3.02. The molecule has 0 radical (unpaired) electrons. The molecule has 2 rings (SSSR count). The fourth-order valence-corrected chi connectivity index (χ4v) is 2.42. The van der Waals surface area contributed by atoms with Crippen LogP contribution in [0.3, 0.4) is 0 Å². The molecule has 94 valence electrons. The van der Waals surface area contributed by atoms with Gasteiger partial charge in [0.25, 0.3) is 0 Å². The molecule has 1 amide bonds. The molecule has 2 aliphatic rings. The Morgan fingerprint density at radius 2 is 1.88 bits per heavy atom. The molecule has 0 spiro atoms. The molecule has 0 aromatic heterocycles. The van der Waals surface area contributed by atoms with Crippen LogP contribution in [0.1, 0.15) is 26.2 Å².